The summed E-state index contributed by atoms with van der Waals surface area (Å²) in [6.45, 7) is 5.92. The summed E-state index contributed by atoms with van der Waals surface area (Å²) < 4.78 is 21.8. The molecule has 0 aliphatic heterocycles. The van der Waals surface area contributed by atoms with E-state index >= 15 is 0 Å². The molecule has 14 nitrogen and oxygen atoms in total. The van der Waals surface area contributed by atoms with E-state index in [1.807, 2.05) is 0 Å². The molecule has 0 heterocycles. The van der Waals surface area contributed by atoms with Gasteiger partial charge in [-0.05, 0) is 38.5 Å². The molecule has 0 aromatic heterocycles. The minimum absolute atomic E-state index is 0.0547. The quantitative estimate of drug-likeness (QED) is 0.0173. The highest BCUT2D eigenvalue weighted by atomic mass is 31.2. The molecule has 0 aromatic rings. The fourth-order valence-corrected chi connectivity index (χ4v) is 8.26. The van der Waals surface area contributed by atoms with E-state index in [2.05, 4.69) is 41.2 Å². The third kappa shape index (κ3) is 41.3. The molecule has 0 bridgehead atoms. The van der Waals surface area contributed by atoms with Gasteiger partial charge < -0.3 is 40.7 Å². The van der Waals surface area contributed by atoms with Crippen LogP contribution in [0.2, 0.25) is 0 Å². The molecule has 0 aliphatic rings. The Labute approximate surface area is 389 Å². The molecule has 0 saturated heterocycles. The second kappa shape index (κ2) is 43.5. The number of carbonyl (C=O) groups excluding carboxylic acids is 4. The molecule has 0 aliphatic carbocycles. The van der Waals surface area contributed by atoms with Crippen molar-refractivity contribution in [3.63, 3.8) is 0 Å². The number of ether oxygens (including phenoxy) is 1. The van der Waals surface area contributed by atoms with E-state index in [9.17, 15) is 43.7 Å². The van der Waals surface area contributed by atoms with Gasteiger partial charge >= 0.3 is 13.8 Å². The monoisotopic (exact) mass is 934 g/mol. The fourth-order valence-electron chi connectivity index (χ4n) is 7.91. The zero-order valence-electron chi connectivity index (χ0n) is 40.8. The average molecular weight is 934 g/mol. The Bertz CT molecular complexity index is 1190. The molecule has 2 unspecified atom stereocenters. The molecular weight excluding hydrogens is 838 g/mol. The highest BCUT2D eigenvalue weighted by molar-refractivity contribution is 7.46. The van der Waals surface area contributed by atoms with E-state index in [4.69, 9.17) is 4.74 Å². The van der Waals surface area contributed by atoms with Gasteiger partial charge in [-0.1, -0.05) is 181 Å². The summed E-state index contributed by atoms with van der Waals surface area (Å²) in [5.74, 6) is -1.82. The predicted octanol–water partition coefficient (Wildman–Crippen LogP) is 10.2. The molecule has 0 aromatic carbocycles. The van der Waals surface area contributed by atoms with Gasteiger partial charge in [-0.15, -0.1) is 0 Å². The fraction of sp³-hybridized carbons (Fsp3) is 0.918. The molecule has 378 valence electrons. The molecular formula is C49H96N3O11P. The van der Waals surface area contributed by atoms with Crippen LogP contribution in [0.25, 0.3) is 0 Å². The number of unbranched alkanes of at least 4 members (excludes halogenated alkanes) is 24. The van der Waals surface area contributed by atoms with Gasteiger partial charge in [0.25, 0.3) is 0 Å². The number of nitrogens with one attached hydrogen (secondary N) is 3. The number of rotatable bonds is 47. The van der Waals surface area contributed by atoms with Crippen LogP contribution in [-0.4, -0.2) is 87.7 Å². The maximum Gasteiger partial charge on any atom is 0.469 e. The van der Waals surface area contributed by atoms with Crippen molar-refractivity contribution in [1.29, 1.82) is 0 Å². The van der Waals surface area contributed by atoms with Crippen LogP contribution in [0.3, 0.4) is 0 Å². The van der Waals surface area contributed by atoms with Crippen molar-refractivity contribution in [1.82, 2.24) is 16.0 Å². The van der Waals surface area contributed by atoms with Gasteiger partial charge in [0.05, 0.1) is 38.2 Å². The number of hydrogen-bond acceptors (Lipinski definition) is 9. The molecule has 0 fully saturated rings. The van der Waals surface area contributed by atoms with Crippen LogP contribution in [0, 0.1) is 0 Å². The summed E-state index contributed by atoms with van der Waals surface area (Å²) in [4.78, 5) is 70.7. The molecule has 15 heteroatoms. The lowest BCUT2D eigenvalue weighted by atomic mass is 10.0. The number of phosphoric acid groups is 1. The van der Waals surface area contributed by atoms with Crippen LogP contribution in [0.15, 0.2) is 0 Å². The first-order chi connectivity index (χ1) is 30.8. The van der Waals surface area contributed by atoms with Crippen LogP contribution >= 0.6 is 7.82 Å². The van der Waals surface area contributed by atoms with Crippen molar-refractivity contribution >= 4 is 31.5 Å². The number of phosphoric ester groups is 1. The van der Waals surface area contributed by atoms with Crippen molar-refractivity contribution in [2.24, 2.45) is 0 Å². The van der Waals surface area contributed by atoms with Gasteiger partial charge in [0.2, 0.25) is 17.7 Å². The molecule has 0 radical (unpaired) electrons. The van der Waals surface area contributed by atoms with E-state index in [0.717, 1.165) is 70.6 Å². The molecule has 0 spiro atoms. The zero-order valence-corrected chi connectivity index (χ0v) is 41.7. The van der Waals surface area contributed by atoms with Crippen molar-refractivity contribution in [2.45, 2.75) is 270 Å². The van der Waals surface area contributed by atoms with Gasteiger partial charge in [0.15, 0.2) is 0 Å². The maximum atomic E-state index is 13.4. The van der Waals surface area contributed by atoms with Crippen LogP contribution in [0.5, 0.6) is 0 Å². The lowest BCUT2D eigenvalue weighted by Crippen LogP contribution is -2.48. The normalized spacial score (nSPS) is 13.5. The standard InChI is InChI=1S/C49H96N3O11P/c1-4-7-10-13-16-19-22-25-28-33-43(54)39-46(55)51-42(41-53)32-31-37-50-49(58)45(36-38-62-64(59,60)61)52-47(56)40-44(34-29-26-23-20-17-14-11-8-5-2)63-48(57)35-30-27-24-21-18-15-12-9-6-3/h42-45,53-54H,4-41H2,1-3H3,(H,50,58)(H,51,55)(H,52,56)(H2,59,60,61)/t42?,43-,44-,45?/m1/s1. The van der Waals surface area contributed by atoms with E-state index in [1.165, 1.54) is 103 Å². The smallest absolute Gasteiger partial charge is 0.462 e. The number of aliphatic hydroxyl groups excluding tert-OH is 2. The van der Waals surface area contributed by atoms with Gasteiger partial charge in [-0.2, -0.15) is 0 Å². The second-order valence-electron chi connectivity index (χ2n) is 18.1. The third-order valence-electron chi connectivity index (χ3n) is 11.8. The first kappa shape index (κ1) is 61.9. The molecule has 3 amide bonds. The van der Waals surface area contributed by atoms with E-state index in [0.29, 0.717) is 25.7 Å². The SMILES string of the molecule is CCCCCCCCCCCC(=O)O[C@H](CCCCCCCCCCC)CC(=O)NC(CCOP(=O)(O)O)C(=O)NCCCC(CO)NC(=O)C[C@H](O)CCCCCCCCCCC. The van der Waals surface area contributed by atoms with E-state index < -0.39 is 50.5 Å². The van der Waals surface area contributed by atoms with Gasteiger partial charge in [0.1, 0.15) is 12.1 Å². The third-order valence-corrected chi connectivity index (χ3v) is 12.3. The molecule has 4 atom stereocenters. The summed E-state index contributed by atoms with van der Waals surface area (Å²) >= 11 is 0. The van der Waals surface area contributed by atoms with Crippen LogP contribution in [0.4, 0.5) is 0 Å². The van der Waals surface area contributed by atoms with Gasteiger partial charge in [-0.3, -0.25) is 23.7 Å². The van der Waals surface area contributed by atoms with Crippen LogP contribution < -0.4 is 16.0 Å². The average Bonchev–Trinajstić information content (AvgIpc) is 3.24. The highest BCUT2D eigenvalue weighted by Crippen LogP contribution is 2.35. The van der Waals surface area contributed by atoms with E-state index in [1.54, 1.807) is 0 Å². The lowest BCUT2D eigenvalue weighted by molar-refractivity contribution is -0.151. The van der Waals surface area contributed by atoms with Crippen molar-refractivity contribution in [3.8, 4) is 0 Å². The first-order valence-electron chi connectivity index (χ1n) is 25.9. The molecule has 64 heavy (non-hydrogen) atoms. The Hall–Kier alpha value is -2.09. The lowest BCUT2D eigenvalue weighted by Gasteiger charge is -2.22. The van der Waals surface area contributed by atoms with Gasteiger partial charge in [0, 0.05) is 19.4 Å². The Morgan fingerprint density at radius 3 is 1.48 bits per heavy atom. The highest BCUT2D eigenvalue weighted by Gasteiger charge is 2.26. The zero-order chi connectivity index (χ0) is 47.5. The van der Waals surface area contributed by atoms with Crippen LogP contribution in [-0.2, 0) is 33.0 Å². The second-order valence-corrected chi connectivity index (χ2v) is 19.3. The van der Waals surface area contributed by atoms with Crippen molar-refractivity contribution in [2.75, 3.05) is 19.8 Å². The number of esters is 1. The molecule has 0 saturated carbocycles. The summed E-state index contributed by atoms with van der Waals surface area (Å²) in [7, 11) is -4.83. The largest absolute Gasteiger partial charge is 0.469 e. The Kier molecular flexibility index (Phi) is 42.1. The molecule has 7 N–H and O–H groups in total. The maximum absolute atomic E-state index is 13.4. The first-order valence-corrected chi connectivity index (χ1v) is 27.4. The van der Waals surface area contributed by atoms with Gasteiger partial charge in [-0.25, -0.2) is 4.57 Å². The Balaban J connectivity index is 5.11. The predicted molar refractivity (Wildman–Crippen MR) is 256 cm³/mol. The summed E-state index contributed by atoms with van der Waals surface area (Å²) in [5.41, 5.74) is 0. The number of hydrogen-bond donors (Lipinski definition) is 7. The number of amides is 3. The minimum atomic E-state index is -4.83. The molecule has 0 rings (SSSR count). The summed E-state index contributed by atoms with van der Waals surface area (Å²) in [6.07, 6.45) is 30.9. The Morgan fingerprint density at radius 1 is 0.547 bits per heavy atom. The number of aliphatic hydroxyl groups is 2. The topological polar surface area (TPSA) is 221 Å². The Morgan fingerprint density at radius 2 is 1.00 bits per heavy atom. The van der Waals surface area contributed by atoms with Crippen molar-refractivity contribution < 1.29 is 53.0 Å². The summed E-state index contributed by atoms with van der Waals surface area (Å²) in [6, 6.07) is -1.77. The van der Waals surface area contributed by atoms with E-state index in [-0.39, 0.29) is 50.7 Å². The van der Waals surface area contributed by atoms with Crippen LogP contribution in [0.1, 0.15) is 245 Å². The minimum Gasteiger partial charge on any atom is -0.462 e. The van der Waals surface area contributed by atoms with Crippen molar-refractivity contribution in [3.05, 3.63) is 0 Å². The number of carbonyl (C=O) groups is 4. The summed E-state index contributed by atoms with van der Waals surface area (Å²) in [5, 5.41) is 28.4.